The van der Waals surface area contributed by atoms with Crippen molar-refractivity contribution in [3.05, 3.63) is 60.2 Å². The molecule has 0 bridgehead atoms. The summed E-state index contributed by atoms with van der Waals surface area (Å²) in [5, 5.41) is 29.2. The van der Waals surface area contributed by atoms with Crippen LogP contribution in [-0.2, 0) is 15.0 Å². The summed E-state index contributed by atoms with van der Waals surface area (Å²) < 4.78 is 21.9. The Labute approximate surface area is 229 Å². The molecule has 39 heavy (non-hydrogen) atoms. The number of rotatable bonds is 15. The van der Waals surface area contributed by atoms with Crippen LogP contribution in [0.1, 0.15) is 32.3 Å². The van der Waals surface area contributed by atoms with Gasteiger partial charge in [-0.3, -0.25) is 0 Å². The second-order valence-electron chi connectivity index (χ2n) is 8.67. The average Bonchev–Trinajstić information content (AvgIpc) is 2.93. The Morgan fingerprint density at radius 2 is 1.49 bits per heavy atom. The van der Waals surface area contributed by atoms with Crippen molar-refractivity contribution in [1.29, 1.82) is 5.26 Å². The first-order valence-electron chi connectivity index (χ1n) is 12.4. The van der Waals surface area contributed by atoms with E-state index in [0.717, 1.165) is 43.0 Å². The van der Waals surface area contributed by atoms with Crippen LogP contribution in [0.3, 0.4) is 0 Å². The number of ether oxygens (including phenoxy) is 4. The molecular formula is C29H38N2O8. The van der Waals surface area contributed by atoms with Crippen LogP contribution in [0.25, 0.3) is 0 Å². The van der Waals surface area contributed by atoms with Gasteiger partial charge in [-0.15, -0.1) is 0 Å². The molecule has 0 aliphatic rings. The Balaban J connectivity index is 0.000000824. The molecule has 0 saturated heterocycles. The first kappa shape index (κ1) is 32.8. The molecule has 2 aromatic carbocycles. The van der Waals surface area contributed by atoms with E-state index in [2.05, 4.69) is 25.2 Å². The van der Waals surface area contributed by atoms with Gasteiger partial charge >= 0.3 is 11.9 Å². The highest BCUT2D eigenvalue weighted by molar-refractivity contribution is 5.89. The van der Waals surface area contributed by atoms with E-state index in [-0.39, 0.29) is 5.92 Å². The number of nitrogens with zero attached hydrogens (tertiary/aromatic N) is 1. The maximum absolute atomic E-state index is 10.1. The van der Waals surface area contributed by atoms with Crippen molar-refractivity contribution in [2.24, 2.45) is 5.92 Å². The lowest BCUT2D eigenvalue weighted by atomic mass is 9.70. The molecule has 0 saturated carbocycles. The van der Waals surface area contributed by atoms with Gasteiger partial charge in [0.05, 0.1) is 32.8 Å². The summed E-state index contributed by atoms with van der Waals surface area (Å²) in [5.41, 5.74) is 0.372. The molecule has 10 nitrogen and oxygen atoms in total. The van der Waals surface area contributed by atoms with Crippen LogP contribution in [0.2, 0.25) is 0 Å². The summed E-state index contributed by atoms with van der Waals surface area (Å²) in [6, 6.07) is 16.0. The number of para-hydroxylation sites is 2. The maximum atomic E-state index is 10.1. The molecule has 10 heteroatoms. The Hall–Kier alpha value is -4.23. The number of aliphatic carboxylic acids is 2. The van der Waals surface area contributed by atoms with Crippen LogP contribution in [0.15, 0.2) is 54.6 Å². The summed E-state index contributed by atoms with van der Waals surface area (Å²) in [7, 11) is 4.86. The minimum Gasteiger partial charge on any atom is -0.493 e. The predicted octanol–water partition coefficient (Wildman–Crippen LogP) is 4.29. The van der Waals surface area contributed by atoms with Gasteiger partial charge in [0.1, 0.15) is 6.61 Å². The average molecular weight is 543 g/mol. The number of hydrogen-bond donors (Lipinski definition) is 3. The Morgan fingerprint density at radius 3 is 2.00 bits per heavy atom. The lowest BCUT2D eigenvalue weighted by Crippen LogP contribution is -2.32. The fourth-order valence-electron chi connectivity index (χ4n) is 3.86. The molecule has 2 aromatic rings. The SMILES string of the molecule is COc1ccc(C(C#N)(CCCNCCOc2ccccc2OC)C(C)C)cc1OC.O=C(O)/C=C\C(=O)O. The highest BCUT2D eigenvalue weighted by Gasteiger charge is 2.36. The van der Waals surface area contributed by atoms with Crippen molar-refractivity contribution < 1.29 is 38.7 Å². The van der Waals surface area contributed by atoms with Crippen molar-refractivity contribution in [1.82, 2.24) is 5.32 Å². The molecule has 2 rings (SSSR count). The summed E-state index contributed by atoms with van der Waals surface area (Å²) in [6.45, 7) is 6.25. The maximum Gasteiger partial charge on any atom is 0.328 e. The van der Waals surface area contributed by atoms with Crippen LogP contribution in [0.5, 0.6) is 23.0 Å². The molecule has 0 heterocycles. The Bertz CT molecular complexity index is 1110. The zero-order valence-corrected chi connectivity index (χ0v) is 23.1. The molecule has 0 aromatic heterocycles. The number of hydrogen-bond acceptors (Lipinski definition) is 8. The van der Waals surface area contributed by atoms with Gasteiger partial charge in [0.2, 0.25) is 0 Å². The van der Waals surface area contributed by atoms with Crippen LogP contribution >= 0.6 is 0 Å². The molecule has 3 N–H and O–H groups in total. The number of nitrogens with one attached hydrogen (secondary N) is 1. The van der Waals surface area contributed by atoms with Gasteiger partial charge in [0.15, 0.2) is 23.0 Å². The van der Waals surface area contributed by atoms with Gasteiger partial charge < -0.3 is 34.5 Å². The standard InChI is InChI=1S/C25H34N2O4.C4H4O4/c1-19(2)25(18-26,20-11-12-22(29-4)24(17-20)30-5)13-8-14-27-15-16-31-23-10-7-6-9-21(23)28-3;5-3(6)1-2-4(7)8/h6-7,9-12,17,19,27H,8,13-16H2,1-5H3;1-2H,(H,5,6)(H,7,8)/b;2-1-. The number of carbonyl (C=O) groups is 2. The molecule has 0 fully saturated rings. The normalized spacial score (nSPS) is 12.0. The van der Waals surface area contributed by atoms with Gasteiger partial charge in [-0.2, -0.15) is 5.26 Å². The van der Waals surface area contributed by atoms with E-state index >= 15 is 0 Å². The largest absolute Gasteiger partial charge is 0.493 e. The smallest absolute Gasteiger partial charge is 0.328 e. The summed E-state index contributed by atoms with van der Waals surface area (Å²) >= 11 is 0. The van der Waals surface area contributed by atoms with E-state index in [0.29, 0.717) is 30.3 Å². The fraction of sp³-hybridized carbons (Fsp3) is 0.414. The monoisotopic (exact) mass is 542 g/mol. The number of benzene rings is 2. The third-order valence-electron chi connectivity index (χ3n) is 5.98. The van der Waals surface area contributed by atoms with E-state index in [1.54, 1.807) is 21.3 Å². The van der Waals surface area contributed by atoms with Gasteiger partial charge in [0.25, 0.3) is 0 Å². The van der Waals surface area contributed by atoms with Crippen LogP contribution in [0, 0.1) is 17.2 Å². The van der Waals surface area contributed by atoms with Gasteiger partial charge in [-0.25, -0.2) is 9.59 Å². The third kappa shape index (κ3) is 10.6. The van der Waals surface area contributed by atoms with Gasteiger partial charge in [-0.05, 0) is 55.1 Å². The molecule has 0 amide bonds. The lowest BCUT2D eigenvalue weighted by Gasteiger charge is -2.32. The van der Waals surface area contributed by atoms with E-state index in [1.165, 1.54) is 0 Å². The lowest BCUT2D eigenvalue weighted by molar-refractivity contribution is -0.134. The second kappa shape index (κ2) is 17.3. The fourth-order valence-corrected chi connectivity index (χ4v) is 3.86. The van der Waals surface area contributed by atoms with Crippen LogP contribution in [-0.4, -0.2) is 63.2 Å². The van der Waals surface area contributed by atoms with Crippen molar-refractivity contribution in [3.63, 3.8) is 0 Å². The van der Waals surface area contributed by atoms with E-state index < -0.39 is 17.4 Å². The zero-order chi connectivity index (χ0) is 29.3. The molecule has 0 radical (unpaired) electrons. The molecule has 0 aliphatic heterocycles. The van der Waals surface area contributed by atoms with Gasteiger partial charge in [0, 0.05) is 18.7 Å². The molecule has 1 atom stereocenters. The van der Waals surface area contributed by atoms with Crippen LogP contribution < -0.4 is 24.3 Å². The van der Waals surface area contributed by atoms with E-state index in [1.807, 2.05) is 42.5 Å². The molecule has 0 spiro atoms. The number of nitriles is 1. The summed E-state index contributed by atoms with van der Waals surface area (Å²) in [6.07, 6.45) is 2.73. The first-order valence-corrected chi connectivity index (χ1v) is 12.4. The molecule has 212 valence electrons. The first-order chi connectivity index (χ1) is 18.6. The summed E-state index contributed by atoms with van der Waals surface area (Å²) in [5.74, 6) is 0.423. The molecule has 0 aliphatic carbocycles. The highest BCUT2D eigenvalue weighted by Crippen LogP contribution is 2.40. The van der Waals surface area contributed by atoms with Crippen molar-refractivity contribution in [2.45, 2.75) is 32.1 Å². The third-order valence-corrected chi connectivity index (χ3v) is 5.98. The van der Waals surface area contributed by atoms with Crippen molar-refractivity contribution in [3.8, 4) is 29.1 Å². The number of carboxylic acids is 2. The minimum absolute atomic E-state index is 0.157. The van der Waals surface area contributed by atoms with Crippen molar-refractivity contribution >= 4 is 11.9 Å². The molecule has 1 unspecified atom stereocenters. The number of methoxy groups -OCH3 is 3. The Kier molecular flexibility index (Phi) is 14.6. The van der Waals surface area contributed by atoms with Gasteiger partial charge in [-0.1, -0.05) is 32.0 Å². The second-order valence-corrected chi connectivity index (χ2v) is 8.67. The topological polar surface area (TPSA) is 147 Å². The minimum atomic E-state index is -1.26. The van der Waals surface area contributed by atoms with Crippen LogP contribution in [0.4, 0.5) is 0 Å². The predicted molar refractivity (Wildman–Crippen MR) is 147 cm³/mol. The van der Waals surface area contributed by atoms with E-state index in [9.17, 15) is 14.9 Å². The quantitative estimate of drug-likeness (QED) is 0.220. The highest BCUT2D eigenvalue weighted by atomic mass is 16.5. The number of carboxylic acid groups (broad SMARTS) is 2. The van der Waals surface area contributed by atoms with E-state index in [4.69, 9.17) is 29.2 Å². The van der Waals surface area contributed by atoms with Crippen molar-refractivity contribution in [2.75, 3.05) is 41.0 Å². The Morgan fingerprint density at radius 1 is 0.923 bits per heavy atom. The summed E-state index contributed by atoms with van der Waals surface area (Å²) in [4.78, 5) is 19.1. The zero-order valence-electron chi connectivity index (χ0n) is 23.1. The molecular weight excluding hydrogens is 504 g/mol.